The van der Waals surface area contributed by atoms with Gasteiger partial charge in [-0.05, 0) is 147 Å². The Morgan fingerprint density at radius 3 is 1.91 bits per heavy atom. The lowest BCUT2D eigenvalue weighted by molar-refractivity contribution is 0.318. The maximum absolute atomic E-state index is 12.6. The molecule has 0 saturated heterocycles. The molecular weight excluding hydrogens is 745 g/mol. The van der Waals surface area contributed by atoms with Gasteiger partial charge in [0.2, 0.25) is 0 Å². The average Bonchev–Trinajstić information content (AvgIpc) is 3.18. The van der Waals surface area contributed by atoms with Gasteiger partial charge in [-0.15, -0.1) is 10.2 Å². The Morgan fingerprint density at radius 2 is 1.28 bits per heavy atom. The molecule has 0 aliphatic heterocycles. The van der Waals surface area contributed by atoms with Gasteiger partial charge in [0.1, 0.15) is 27.8 Å². The summed E-state index contributed by atoms with van der Waals surface area (Å²) >= 11 is 0. The van der Waals surface area contributed by atoms with Crippen LogP contribution in [0.3, 0.4) is 0 Å². The quantitative estimate of drug-likeness (QED) is 0.0502. The molecule has 15 heteroatoms. The molecule has 0 heterocycles. The van der Waals surface area contributed by atoms with E-state index >= 15 is 0 Å². The van der Waals surface area contributed by atoms with Crippen molar-refractivity contribution in [1.82, 2.24) is 0 Å². The highest BCUT2D eigenvalue weighted by molar-refractivity contribution is 7.86. The second-order valence-corrected chi connectivity index (χ2v) is 14.7. The lowest BCUT2D eigenvalue weighted by Gasteiger charge is -2.12. The number of benzene rings is 6. The average molecular weight is 787 g/mol. The summed E-state index contributed by atoms with van der Waals surface area (Å²) in [6.45, 7) is 9.90. The van der Waals surface area contributed by atoms with Crippen LogP contribution in [0.2, 0.25) is 0 Å². The first-order chi connectivity index (χ1) is 27.2. The van der Waals surface area contributed by atoms with E-state index in [4.69, 9.17) is 15.2 Å². The molecule has 0 amide bonds. The van der Waals surface area contributed by atoms with E-state index in [0.29, 0.717) is 79.8 Å². The van der Waals surface area contributed by atoms with Gasteiger partial charge in [0, 0.05) is 28.5 Å². The first-order valence-electron chi connectivity index (χ1n) is 17.9. The summed E-state index contributed by atoms with van der Waals surface area (Å²) in [4.78, 5) is -0.595. The fourth-order valence-electron chi connectivity index (χ4n) is 5.79. The third-order valence-electron chi connectivity index (χ3n) is 9.01. The minimum Gasteiger partial charge on any atom is -0.505 e. The molecule has 0 spiro atoms. The number of phenols is 1. The minimum absolute atomic E-state index is 0.311. The molecule has 0 radical (unpaired) electrons. The van der Waals surface area contributed by atoms with Gasteiger partial charge in [-0.2, -0.15) is 28.9 Å². The molecule has 292 valence electrons. The van der Waals surface area contributed by atoms with Crippen LogP contribution in [0.5, 0.6) is 17.2 Å². The van der Waals surface area contributed by atoms with E-state index in [2.05, 4.69) is 36.0 Å². The first-order valence-corrected chi connectivity index (χ1v) is 19.4. The molecule has 14 nitrogen and oxygen atoms in total. The topological polar surface area (TPSA) is 205 Å². The van der Waals surface area contributed by atoms with Crippen molar-refractivity contribution >= 4 is 72.1 Å². The van der Waals surface area contributed by atoms with Crippen molar-refractivity contribution in [2.45, 2.75) is 45.9 Å². The van der Waals surface area contributed by atoms with Crippen molar-refractivity contribution in [3.8, 4) is 17.2 Å². The molecule has 6 aromatic rings. The highest BCUT2D eigenvalue weighted by Crippen LogP contribution is 2.43. The predicted molar refractivity (Wildman–Crippen MR) is 223 cm³/mol. The van der Waals surface area contributed by atoms with Gasteiger partial charge in [-0.3, -0.25) is 4.55 Å². The molecule has 0 fully saturated rings. The number of aryl methyl sites for hydroxylation is 4. The molecule has 0 aliphatic rings. The molecule has 0 atom stereocenters. The molecule has 0 bridgehead atoms. The summed E-state index contributed by atoms with van der Waals surface area (Å²) in [5.74, 6) is 0.744. The summed E-state index contributed by atoms with van der Waals surface area (Å²) in [5.41, 5.74) is 13.4. The molecule has 0 aromatic heterocycles. The van der Waals surface area contributed by atoms with Crippen molar-refractivity contribution in [1.29, 1.82) is 0 Å². The van der Waals surface area contributed by atoms with Gasteiger partial charge in [0.05, 0.1) is 36.5 Å². The predicted octanol–water partition coefficient (Wildman–Crippen LogP) is 12.4. The third kappa shape index (κ3) is 9.40. The fourth-order valence-corrected chi connectivity index (χ4v) is 6.44. The van der Waals surface area contributed by atoms with E-state index in [-0.39, 0.29) is 0 Å². The number of nitrogen functional groups attached to an aromatic ring is 1. The molecule has 6 rings (SSSR count). The Kier molecular flexibility index (Phi) is 11.9. The Morgan fingerprint density at radius 1 is 0.684 bits per heavy atom. The van der Waals surface area contributed by atoms with Gasteiger partial charge in [-0.1, -0.05) is 6.92 Å². The Balaban J connectivity index is 1.27. The van der Waals surface area contributed by atoms with E-state index in [9.17, 15) is 18.1 Å². The number of aromatic hydroxyl groups is 1. The number of nitrogens with two attached hydrogens (primary N) is 1. The third-order valence-corrected chi connectivity index (χ3v) is 9.88. The van der Waals surface area contributed by atoms with E-state index in [1.54, 1.807) is 74.7 Å². The standard InChI is InChI=1S/C42H42N8O6S/c1-7-16-56-39-23-37(46-45-31-11-15-34(43)24(2)17-31)27(5)20-38(39)49-47-35-18-26(4)36(19-25(35)3)48-50-41-40(57(52,53)54)22-28-21-30(10-14-33(28)42(41)51)44-29-8-12-32(55-6)13-9-29/h8-15,17-23,44,51H,7,16,43H2,1-6H3,(H,52,53,54). The van der Waals surface area contributed by atoms with Crippen molar-refractivity contribution in [2.24, 2.45) is 30.7 Å². The number of hydrogen-bond acceptors (Lipinski definition) is 13. The highest BCUT2D eigenvalue weighted by Gasteiger charge is 2.22. The zero-order chi connectivity index (χ0) is 40.9. The van der Waals surface area contributed by atoms with Crippen LogP contribution in [-0.2, 0) is 10.1 Å². The van der Waals surface area contributed by atoms with Gasteiger partial charge in [-0.25, -0.2) is 0 Å². The summed E-state index contributed by atoms with van der Waals surface area (Å²) in [6, 6.07) is 26.1. The van der Waals surface area contributed by atoms with Crippen LogP contribution < -0.4 is 20.5 Å². The zero-order valence-electron chi connectivity index (χ0n) is 32.3. The SMILES string of the molecule is CCCOc1cc(N=Nc2ccc(N)c(C)c2)c(C)cc1N=Nc1cc(C)c(N=Nc2c(S(=O)(=O)O)cc3cc(Nc4ccc(OC)cc4)ccc3c2O)cc1C. The zero-order valence-corrected chi connectivity index (χ0v) is 33.1. The molecular formula is C42H42N8O6S. The van der Waals surface area contributed by atoms with Crippen LogP contribution in [0.25, 0.3) is 10.8 Å². The van der Waals surface area contributed by atoms with Crippen LogP contribution in [0.15, 0.2) is 127 Å². The number of nitrogens with one attached hydrogen (secondary N) is 1. The van der Waals surface area contributed by atoms with E-state index in [1.165, 1.54) is 6.07 Å². The number of fused-ring (bicyclic) bond motifs is 1. The second kappa shape index (κ2) is 17.0. The molecule has 57 heavy (non-hydrogen) atoms. The number of azo groups is 3. The summed E-state index contributed by atoms with van der Waals surface area (Å²) < 4.78 is 46.5. The first kappa shape index (κ1) is 40.0. The highest BCUT2D eigenvalue weighted by atomic mass is 32.2. The smallest absolute Gasteiger partial charge is 0.296 e. The Labute approximate surface area is 330 Å². The molecule has 5 N–H and O–H groups in total. The van der Waals surface area contributed by atoms with Crippen molar-refractivity contribution in [3.05, 3.63) is 113 Å². The molecule has 0 unspecified atom stereocenters. The fraction of sp³-hybridized carbons (Fsp3) is 0.190. The van der Waals surface area contributed by atoms with Gasteiger partial charge >= 0.3 is 0 Å². The number of methoxy groups -OCH3 is 1. The maximum atomic E-state index is 12.6. The second-order valence-electron chi connectivity index (χ2n) is 13.4. The molecule has 0 aliphatic carbocycles. The largest absolute Gasteiger partial charge is 0.505 e. The maximum Gasteiger partial charge on any atom is 0.296 e. The van der Waals surface area contributed by atoms with Crippen molar-refractivity contribution in [2.75, 3.05) is 24.8 Å². The lowest BCUT2D eigenvalue weighted by atomic mass is 10.1. The van der Waals surface area contributed by atoms with E-state index < -0.39 is 26.5 Å². The minimum atomic E-state index is -4.83. The van der Waals surface area contributed by atoms with Crippen LogP contribution in [0.1, 0.15) is 35.6 Å². The van der Waals surface area contributed by atoms with Crippen molar-refractivity contribution in [3.63, 3.8) is 0 Å². The van der Waals surface area contributed by atoms with E-state index in [1.807, 2.05) is 52.0 Å². The van der Waals surface area contributed by atoms with Gasteiger partial charge in [0.15, 0.2) is 5.75 Å². The number of rotatable bonds is 13. The monoisotopic (exact) mass is 786 g/mol. The van der Waals surface area contributed by atoms with Crippen LogP contribution in [-0.4, -0.2) is 31.8 Å². The number of anilines is 3. The normalized spacial score (nSPS) is 12.0. The van der Waals surface area contributed by atoms with Crippen LogP contribution >= 0.6 is 0 Å². The van der Waals surface area contributed by atoms with Crippen LogP contribution in [0, 0.1) is 27.7 Å². The summed E-state index contributed by atoms with van der Waals surface area (Å²) in [6.07, 6.45) is 0.785. The Hall–Kier alpha value is -6.71. The number of nitrogens with zero attached hydrogens (tertiary/aromatic N) is 6. The Bertz CT molecular complexity index is 2680. The number of hydrogen-bond donors (Lipinski definition) is 4. The van der Waals surface area contributed by atoms with E-state index in [0.717, 1.165) is 23.2 Å². The van der Waals surface area contributed by atoms with Gasteiger partial charge in [0.25, 0.3) is 10.1 Å². The van der Waals surface area contributed by atoms with Crippen LogP contribution in [0.4, 0.5) is 51.2 Å². The number of ether oxygens (including phenoxy) is 2. The summed E-state index contributed by atoms with van der Waals surface area (Å²) in [7, 11) is -3.25. The molecule has 6 aromatic carbocycles. The van der Waals surface area contributed by atoms with Crippen molar-refractivity contribution < 1.29 is 27.6 Å². The van der Waals surface area contributed by atoms with Gasteiger partial charge < -0.3 is 25.6 Å². The number of phenolic OH excluding ortho intramolecular Hbond substituents is 1. The molecule has 0 saturated carbocycles. The summed E-state index contributed by atoms with van der Waals surface area (Å²) in [5, 5.41) is 41.5. The lowest BCUT2D eigenvalue weighted by Crippen LogP contribution is -1.99.